The number of carbonyl (C=O) groups excluding carboxylic acids is 1. The summed E-state index contributed by atoms with van der Waals surface area (Å²) in [4.78, 5) is 14.1. The molecule has 0 fully saturated rings. The number of hydrogen-bond donors (Lipinski definition) is 1. The zero-order valence-electron chi connectivity index (χ0n) is 12.1. The van der Waals surface area contributed by atoms with E-state index in [-0.39, 0.29) is 5.91 Å². The summed E-state index contributed by atoms with van der Waals surface area (Å²) in [7, 11) is 3.50. The van der Waals surface area contributed by atoms with Crippen molar-refractivity contribution in [3.8, 4) is 0 Å². The Morgan fingerprint density at radius 2 is 2.11 bits per heavy atom. The van der Waals surface area contributed by atoms with Crippen LogP contribution in [0.1, 0.15) is 30.1 Å². The maximum atomic E-state index is 12.4. The predicted molar refractivity (Wildman–Crippen MR) is 78.7 cm³/mol. The second-order valence-corrected chi connectivity index (χ2v) is 4.55. The van der Waals surface area contributed by atoms with Crippen LogP contribution in [0, 0.1) is 0 Å². The van der Waals surface area contributed by atoms with Crippen LogP contribution in [0.4, 0.5) is 5.69 Å². The number of hydrogen-bond acceptors (Lipinski definition) is 3. The van der Waals surface area contributed by atoms with Gasteiger partial charge in [0.15, 0.2) is 0 Å². The van der Waals surface area contributed by atoms with Gasteiger partial charge < -0.3 is 15.0 Å². The van der Waals surface area contributed by atoms with Gasteiger partial charge in [0.2, 0.25) is 0 Å². The van der Waals surface area contributed by atoms with Gasteiger partial charge in [-0.1, -0.05) is 19.1 Å². The van der Waals surface area contributed by atoms with E-state index in [1.165, 1.54) is 0 Å². The molecule has 0 heterocycles. The number of benzene rings is 1. The SMILES string of the molecule is CCCNc1ccccc1C(=O)N(C)CCCOC. The number of anilines is 1. The van der Waals surface area contributed by atoms with E-state index in [2.05, 4.69) is 12.2 Å². The molecule has 0 aliphatic heterocycles. The van der Waals surface area contributed by atoms with Crippen LogP contribution in [0.25, 0.3) is 0 Å². The maximum absolute atomic E-state index is 12.4. The fraction of sp³-hybridized carbons (Fsp3) is 0.533. The van der Waals surface area contributed by atoms with Gasteiger partial charge in [-0.2, -0.15) is 0 Å². The summed E-state index contributed by atoms with van der Waals surface area (Å²) >= 11 is 0. The molecule has 0 radical (unpaired) electrons. The minimum absolute atomic E-state index is 0.0512. The Morgan fingerprint density at radius 3 is 2.79 bits per heavy atom. The van der Waals surface area contributed by atoms with Gasteiger partial charge >= 0.3 is 0 Å². The van der Waals surface area contributed by atoms with Crippen molar-refractivity contribution in [1.82, 2.24) is 4.90 Å². The number of ether oxygens (including phenoxy) is 1. The third kappa shape index (κ3) is 4.91. The second kappa shape index (κ2) is 8.53. The van der Waals surface area contributed by atoms with Gasteiger partial charge in [0.1, 0.15) is 0 Å². The van der Waals surface area contributed by atoms with Crippen LogP contribution in [0.5, 0.6) is 0 Å². The van der Waals surface area contributed by atoms with Crippen LogP contribution in [0.2, 0.25) is 0 Å². The highest BCUT2D eigenvalue weighted by Gasteiger charge is 2.14. The van der Waals surface area contributed by atoms with Crippen LogP contribution in [0.15, 0.2) is 24.3 Å². The summed E-state index contributed by atoms with van der Waals surface area (Å²) < 4.78 is 5.00. The van der Waals surface area contributed by atoms with Crippen LogP contribution in [0.3, 0.4) is 0 Å². The van der Waals surface area contributed by atoms with Crippen molar-refractivity contribution in [1.29, 1.82) is 0 Å². The topological polar surface area (TPSA) is 41.6 Å². The number of para-hydroxylation sites is 1. The van der Waals surface area contributed by atoms with E-state index in [1.54, 1.807) is 12.0 Å². The fourth-order valence-corrected chi connectivity index (χ4v) is 1.84. The Kier molecular flexibility index (Phi) is 6.97. The minimum Gasteiger partial charge on any atom is -0.385 e. The molecule has 0 aliphatic rings. The zero-order chi connectivity index (χ0) is 14.1. The number of carbonyl (C=O) groups is 1. The number of rotatable bonds is 8. The molecule has 0 aromatic heterocycles. The molecule has 0 bridgehead atoms. The molecule has 1 rings (SSSR count). The minimum atomic E-state index is 0.0512. The van der Waals surface area contributed by atoms with Gasteiger partial charge in [-0.15, -0.1) is 0 Å². The molecule has 1 aromatic rings. The van der Waals surface area contributed by atoms with E-state index in [4.69, 9.17) is 4.74 Å². The van der Waals surface area contributed by atoms with E-state index >= 15 is 0 Å². The molecule has 0 saturated heterocycles. The first-order chi connectivity index (χ1) is 9.20. The van der Waals surface area contributed by atoms with Crippen LogP contribution < -0.4 is 5.32 Å². The van der Waals surface area contributed by atoms with Crippen LogP contribution in [-0.2, 0) is 4.74 Å². The monoisotopic (exact) mass is 264 g/mol. The molecular weight excluding hydrogens is 240 g/mol. The first-order valence-electron chi connectivity index (χ1n) is 6.78. The van der Waals surface area contributed by atoms with E-state index in [0.29, 0.717) is 13.2 Å². The molecule has 0 aliphatic carbocycles. The van der Waals surface area contributed by atoms with Crippen LogP contribution >= 0.6 is 0 Å². The summed E-state index contributed by atoms with van der Waals surface area (Å²) in [6.45, 7) is 4.36. The largest absolute Gasteiger partial charge is 0.385 e. The highest BCUT2D eigenvalue weighted by molar-refractivity contribution is 5.99. The molecule has 0 spiro atoms. The highest BCUT2D eigenvalue weighted by Crippen LogP contribution is 2.17. The summed E-state index contributed by atoms with van der Waals surface area (Å²) in [5.74, 6) is 0.0512. The lowest BCUT2D eigenvalue weighted by atomic mass is 10.1. The maximum Gasteiger partial charge on any atom is 0.255 e. The summed E-state index contributed by atoms with van der Waals surface area (Å²) in [5, 5.41) is 3.29. The Labute approximate surface area is 115 Å². The molecular formula is C15H24N2O2. The Hall–Kier alpha value is -1.55. The van der Waals surface area contributed by atoms with Gasteiger partial charge in [-0.25, -0.2) is 0 Å². The van der Waals surface area contributed by atoms with Crippen molar-refractivity contribution in [3.05, 3.63) is 29.8 Å². The molecule has 1 N–H and O–H groups in total. The molecule has 19 heavy (non-hydrogen) atoms. The van der Waals surface area contributed by atoms with E-state index in [9.17, 15) is 4.79 Å². The van der Waals surface area contributed by atoms with E-state index in [0.717, 1.165) is 30.6 Å². The average molecular weight is 264 g/mol. The number of amides is 1. The number of methoxy groups -OCH3 is 1. The molecule has 1 aromatic carbocycles. The fourth-order valence-electron chi connectivity index (χ4n) is 1.84. The third-order valence-corrected chi connectivity index (χ3v) is 2.91. The molecule has 106 valence electrons. The van der Waals surface area contributed by atoms with Gasteiger partial charge in [0, 0.05) is 39.5 Å². The van der Waals surface area contributed by atoms with E-state index in [1.807, 2.05) is 31.3 Å². The lowest BCUT2D eigenvalue weighted by molar-refractivity contribution is 0.0780. The van der Waals surface area contributed by atoms with Crippen molar-refractivity contribution in [2.24, 2.45) is 0 Å². The summed E-state index contributed by atoms with van der Waals surface area (Å²) in [6, 6.07) is 7.66. The molecule has 0 saturated carbocycles. The van der Waals surface area contributed by atoms with Gasteiger partial charge in [-0.3, -0.25) is 4.79 Å². The van der Waals surface area contributed by atoms with Crippen molar-refractivity contribution >= 4 is 11.6 Å². The molecule has 0 unspecified atom stereocenters. The van der Waals surface area contributed by atoms with Crippen molar-refractivity contribution in [2.75, 3.05) is 39.2 Å². The van der Waals surface area contributed by atoms with Gasteiger partial charge in [0.05, 0.1) is 5.56 Å². The summed E-state index contributed by atoms with van der Waals surface area (Å²) in [5.41, 5.74) is 1.64. The van der Waals surface area contributed by atoms with E-state index < -0.39 is 0 Å². The Bertz CT molecular complexity index is 393. The van der Waals surface area contributed by atoms with Gasteiger partial charge in [0.25, 0.3) is 5.91 Å². The van der Waals surface area contributed by atoms with Crippen molar-refractivity contribution in [2.45, 2.75) is 19.8 Å². The zero-order valence-corrected chi connectivity index (χ0v) is 12.1. The van der Waals surface area contributed by atoms with Gasteiger partial charge in [-0.05, 0) is 25.0 Å². The first kappa shape index (κ1) is 15.5. The Balaban J connectivity index is 2.69. The lowest BCUT2D eigenvalue weighted by Crippen LogP contribution is -2.29. The van der Waals surface area contributed by atoms with Crippen molar-refractivity contribution < 1.29 is 9.53 Å². The normalized spacial score (nSPS) is 10.3. The molecule has 4 nitrogen and oxygen atoms in total. The predicted octanol–water partition coefficient (Wildman–Crippen LogP) is 2.62. The third-order valence-electron chi connectivity index (χ3n) is 2.91. The standard InChI is InChI=1S/C15H24N2O2/c1-4-10-16-14-9-6-5-8-13(14)15(18)17(2)11-7-12-19-3/h5-6,8-9,16H,4,7,10-12H2,1-3H3. The quantitative estimate of drug-likeness (QED) is 0.734. The first-order valence-corrected chi connectivity index (χ1v) is 6.78. The lowest BCUT2D eigenvalue weighted by Gasteiger charge is -2.19. The average Bonchev–Trinajstić information content (AvgIpc) is 2.44. The van der Waals surface area contributed by atoms with Crippen LogP contribution in [-0.4, -0.2) is 44.7 Å². The Morgan fingerprint density at radius 1 is 1.37 bits per heavy atom. The smallest absolute Gasteiger partial charge is 0.255 e. The highest BCUT2D eigenvalue weighted by atomic mass is 16.5. The number of nitrogens with zero attached hydrogens (tertiary/aromatic N) is 1. The number of nitrogens with one attached hydrogen (secondary N) is 1. The molecule has 0 atom stereocenters. The second-order valence-electron chi connectivity index (χ2n) is 4.55. The molecule has 1 amide bonds. The molecule has 4 heteroatoms. The van der Waals surface area contributed by atoms with Crippen molar-refractivity contribution in [3.63, 3.8) is 0 Å². The summed E-state index contributed by atoms with van der Waals surface area (Å²) in [6.07, 6.45) is 1.88.